The third-order valence-corrected chi connectivity index (χ3v) is 4.72. The number of aryl methyl sites for hydroxylation is 1. The van der Waals surface area contributed by atoms with Crippen molar-refractivity contribution in [3.05, 3.63) is 29.3 Å². The van der Waals surface area contributed by atoms with E-state index >= 15 is 0 Å². The Labute approximate surface area is 122 Å². The first-order chi connectivity index (χ1) is 9.63. The van der Waals surface area contributed by atoms with Crippen LogP contribution < -0.4 is 16.0 Å². The summed E-state index contributed by atoms with van der Waals surface area (Å²) in [6.07, 6.45) is 6.16. The molecular weight excluding hydrogens is 248 g/mol. The van der Waals surface area contributed by atoms with E-state index in [1.54, 1.807) is 7.11 Å². The van der Waals surface area contributed by atoms with Crippen LogP contribution in [-0.2, 0) is 6.42 Å². The van der Waals surface area contributed by atoms with E-state index in [-0.39, 0.29) is 0 Å². The molecule has 0 saturated heterocycles. The molecule has 1 fully saturated rings. The molecule has 1 aliphatic rings. The molecule has 1 saturated carbocycles. The van der Waals surface area contributed by atoms with Crippen molar-refractivity contribution in [3.63, 3.8) is 0 Å². The third-order valence-electron chi connectivity index (χ3n) is 4.72. The Morgan fingerprint density at radius 2 is 2.00 bits per heavy atom. The lowest BCUT2D eigenvalue weighted by Crippen LogP contribution is -2.43. The van der Waals surface area contributed by atoms with Gasteiger partial charge in [-0.15, -0.1) is 0 Å². The van der Waals surface area contributed by atoms with Gasteiger partial charge >= 0.3 is 0 Å². The van der Waals surface area contributed by atoms with Crippen LogP contribution in [0.3, 0.4) is 0 Å². The molecule has 0 aromatic heterocycles. The first-order valence-electron chi connectivity index (χ1n) is 7.73. The molecule has 0 bridgehead atoms. The van der Waals surface area contributed by atoms with Crippen molar-refractivity contribution in [2.45, 2.75) is 52.0 Å². The Bertz CT molecular complexity index is 425. The van der Waals surface area contributed by atoms with Crippen LogP contribution in [0.2, 0.25) is 0 Å². The monoisotopic (exact) mass is 276 g/mol. The molecule has 112 valence electrons. The van der Waals surface area contributed by atoms with E-state index in [1.807, 2.05) is 0 Å². The lowest BCUT2D eigenvalue weighted by Gasteiger charge is -2.32. The van der Waals surface area contributed by atoms with Gasteiger partial charge in [0.15, 0.2) is 0 Å². The zero-order valence-electron chi connectivity index (χ0n) is 13.0. The van der Waals surface area contributed by atoms with Gasteiger partial charge in [-0.05, 0) is 49.7 Å². The van der Waals surface area contributed by atoms with Crippen molar-refractivity contribution in [2.24, 2.45) is 17.7 Å². The maximum atomic E-state index is 5.82. The molecule has 1 aliphatic carbocycles. The summed E-state index contributed by atoms with van der Waals surface area (Å²) < 4.78 is 5.48. The van der Waals surface area contributed by atoms with E-state index in [0.29, 0.717) is 12.0 Å². The fourth-order valence-electron chi connectivity index (χ4n) is 3.35. The summed E-state index contributed by atoms with van der Waals surface area (Å²) in [5, 5.41) is 0. The van der Waals surface area contributed by atoms with Crippen molar-refractivity contribution in [1.82, 2.24) is 5.43 Å². The minimum Gasteiger partial charge on any atom is -0.496 e. The van der Waals surface area contributed by atoms with Crippen LogP contribution in [0.25, 0.3) is 0 Å². The van der Waals surface area contributed by atoms with E-state index in [2.05, 4.69) is 37.5 Å². The SMILES string of the molecule is COc1ccc(C)cc1CC(NN)C1CCC(C)CC1. The highest BCUT2D eigenvalue weighted by Crippen LogP contribution is 2.32. The molecule has 1 aromatic rings. The van der Waals surface area contributed by atoms with Crippen molar-refractivity contribution < 1.29 is 4.74 Å². The van der Waals surface area contributed by atoms with Gasteiger partial charge in [0.25, 0.3) is 0 Å². The Morgan fingerprint density at radius 1 is 1.30 bits per heavy atom. The predicted octanol–water partition coefficient (Wildman–Crippen LogP) is 3.20. The summed E-state index contributed by atoms with van der Waals surface area (Å²) >= 11 is 0. The summed E-state index contributed by atoms with van der Waals surface area (Å²) in [5.74, 6) is 8.35. The van der Waals surface area contributed by atoms with Gasteiger partial charge < -0.3 is 4.74 Å². The van der Waals surface area contributed by atoms with Crippen LogP contribution in [0.4, 0.5) is 0 Å². The molecule has 0 spiro atoms. The van der Waals surface area contributed by atoms with Crippen molar-refractivity contribution in [1.29, 1.82) is 0 Å². The molecule has 20 heavy (non-hydrogen) atoms. The average molecular weight is 276 g/mol. The summed E-state index contributed by atoms with van der Waals surface area (Å²) in [5.41, 5.74) is 5.58. The zero-order chi connectivity index (χ0) is 14.5. The lowest BCUT2D eigenvalue weighted by atomic mass is 9.78. The van der Waals surface area contributed by atoms with Crippen LogP contribution in [0.15, 0.2) is 18.2 Å². The van der Waals surface area contributed by atoms with Gasteiger partial charge in [-0.25, -0.2) is 0 Å². The van der Waals surface area contributed by atoms with Crippen molar-refractivity contribution in [3.8, 4) is 5.75 Å². The second-order valence-electron chi connectivity index (χ2n) is 6.31. The van der Waals surface area contributed by atoms with Gasteiger partial charge in [-0.2, -0.15) is 0 Å². The van der Waals surface area contributed by atoms with E-state index in [9.17, 15) is 0 Å². The van der Waals surface area contributed by atoms with E-state index in [1.165, 1.54) is 36.8 Å². The van der Waals surface area contributed by atoms with Crippen LogP contribution in [0.1, 0.15) is 43.7 Å². The highest BCUT2D eigenvalue weighted by Gasteiger charge is 2.26. The number of methoxy groups -OCH3 is 1. The number of hydrazine groups is 1. The summed E-state index contributed by atoms with van der Waals surface area (Å²) in [6, 6.07) is 6.71. The molecule has 2 rings (SSSR count). The fourth-order valence-corrected chi connectivity index (χ4v) is 3.35. The van der Waals surface area contributed by atoms with Crippen LogP contribution >= 0.6 is 0 Å². The van der Waals surface area contributed by atoms with Gasteiger partial charge in [0.1, 0.15) is 5.75 Å². The molecule has 0 heterocycles. The number of nitrogens with one attached hydrogen (secondary N) is 1. The molecule has 3 nitrogen and oxygen atoms in total. The van der Waals surface area contributed by atoms with Gasteiger partial charge in [-0.1, -0.05) is 37.5 Å². The first kappa shape index (κ1) is 15.3. The predicted molar refractivity (Wildman–Crippen MR) is 83.7 cm³/mol. The second-order valence-corrected chi connectivity index (χ2v) is 6.31. The molecule has 0 radical (unpaired) electrons. The second kappa shape index (κ2) is 7.09. The van der Waals surface area contributed by atoms with Crippen LogP contribution in [-0.4, -0.2) is 13.2 Å². The quantitative estimate of drug-likeness (QED) is 0.641. The Kier molecular flexibility index (Phi) is 5.44. The standard InChI is InChI=1S/C17H28N2O/c1-12-4-7-14(8-5-12)16(19-18)11-15-10-13(2)6-9-17(15)20-3/h6,9-10,12,14,16,19H,4-5,7-8,11,18H2,1-3H3. The Hall–Kier alpha value is -1.06. The van der Waals surface area contributed by atoms with Gasteiger partial charge in [0.05, 0.1) is 7.11 Å². The van der Waals surface area contributed by atoms with E-state index in [4.69, 9.17) is 10.6 Å². The molecule has 1 atom stereocenters. The number of hydrogen-bond donors (Lipinski definition) is 2. The van der Waals surface area contributed by atoms with Crippen LogP contribution in [0.5, 0.6) is 5.75 Å². The van der Waals surface area contributed by atoms with Gasteiger partial charge in [0, 0.05) is 6.04 Å². The number of rotatable bonds is 5. The molecule has 0 amide bonds. The maximum Gasteiger partial charge on any atom is 0.122 e. The number of nitrogens with two attached hydrogens (primary N) is 1. The Balaban J connectivity index is 2.08. The first-order valence-corrected chi connectivity index (χ1v) is 7.73. The van der Waals surface area contributed by atoms with Gasteiger partial charge in [-0.3, -0.25) is 11.3 Å². The highest BCUT2D eigenvalue weighted by atomic mass is 16.5. The summed E-state index contributed by atoms with van der Waals surface area (Å²) in [7, 11) is 1.74. The normalized spacial score (nSPS) is 24.4. The molecule has 0 aliphatic heterocycles. The number of benzene rings is 1. The lowest BCUT2D eigenvalue weighted by molar-refractivity contribution is 0.228. The van der Waals surface area contributed by atoms with E-state index in [0.717, 1.165) is 18.1 Å². The van der Waals surface area contributed by atoms with Crippen molar-refractivity contribution >= 4 is 0 Å². The number of ether oxygens (including phenoxy) is 1. The minimum absolute atomic E-state index is 0.346. The topological polar surface area (TPSA) is 47.3 Å². The smallest absolute Gasteiger partial charge is 0.122 e. The Morgan fingerprint density at radius 3 is 2.60 bits per heavy atom. The molecule has 3 heteroatoms. The minimum atomic E-state index is 0.346. The summed E-state index contributed by atoms with van der Waals surface area (Å²) in [4.78, 5) is 0. The fraction of sp³-hybridized carbons (Fsp3) is 0.647. The third kappa shape index (κ3) is 3.74. The molecule has 1 unspecified atom stereocenters. The summed E-state index contributed by atoms with van der Waals surface area (Å²) in [6.45, 7) is 4.47. The van der Waals surface area contributed by atoms with Crippen LogP contribution in [0, 0.1) is 18.8 Å². The molecule has 3 N–H and O–H groups in total. The van der Waals surface area contributed by atoms with Crippen molar-refractivity contribution in [2.75, 3.05) is 7.11 Å². The number of hydrogen-bond acceptors (Lipinski definition) is 3. The zero-order valence-corrected chi connectivity index (χ0v) is 13.0. The largest absolute Gasteiger partial charge is 0.496 e. The molecular formula is C17H28N2O. The maximum absolute atomic E-state index is 5.82. The average Bonchev–Trinajstić information content (AvgIpc) is 2.46. The highest BCUT2D eigenvalue weighted by molar-refractivity contribution is 5.37. The van der Waals surface area contributed by atoms with Gasteiger partial charge in [0.2, 0.25) is 0 Å². The molecule has 1 aromatic carbocycles. The van der Waals surface area contributed by atoms with E-state index < -0.39 is 0 Å².